The first-order chi connectivity index (χ1) is 10.4. The third kappa shape index (κ3) is 5.77. The van der Waals surface area contributed by atoms with Crippen LogP contribution < -0.4 is 4.72 Å². The lowest BCUT2D eigenvalue weighted by Gasteiger charge is -2.32. The molecule has 5 nitrogen and oxygen atoms in total. The van der Waals surface area contributed by atoms with Gasteiger partial charge in [-0.3, -0.25) is 4.79 Å². The van der Waals surface area contributed by atoms with Gasteiger partial charge in [0.15, 0.2) is 0 Å². The van der Waals surface area contributed by atoms with E-state index < -0.39 is 10.0 Å². The Morgan fingerprint density at radius 3 is 2.45 bits per heavy atom. The monoisotopic (exact) mass is 324 g/mol. The predicted octanol–water partition coefficient (Wildman–Crippen LogP) is 1.55. The lowest BCUT2D eigenvalue weighted by atomic mass is 10.0. The highest BCUT2D eigenvalue weighted by atomic mass is 32.2. The SMILES string of the molecule is CS(=O)(=O)NC1CCN(C(=O)CCCc2ccccc2)CC1. The summed E-state index contributed by atoms with van der Waals surface area (Å²) in [4.78, 5) is 14.0. The molecular weight excluding hydrogens is 300 g/mol. The first-order valence-corrected chi connectivity index (χ1v) is 9.62. The zero-order chi connectivity index (χ0) is 16.0. The van der Waals surface area contributed by atoms with E-state index in [1.807, 2.05) is 23.1 Å². The molecule has 1 saturated heterocycles. The van der Waals surface area contributed by atoms with Gasteiger partial charge in [-0.2, -0.15) is 0 Å². The second-order valence-corrected chi connectivity index (χ2v) is 7.66. The molecule has 122 valence electrons. The van der Waals surface area contributed by atoms with E-state index in [4.69, 9.17) is 0 Å². The molecule has 0 spiro atoms. The minimum Gasteiger partial charge on any atom is -0.343 e. The smallest absolute Gasteiger partial charge is 0.222 e. The topological polar surface area (TPSA) is 66.5 Å². The van der Waals surface area contributed by atoms with Crippen LogP contribution in [-0.4, -0.2) is 44.6 Å². The summed E-state index contributed by atoms with van der Waals surface area (Å²) in [5.41, 5.74) is 1.26. The molecule has 0 unspecified atom stereocenters. The molecule has 1 aliphatic rings. The quantitative estimate of drug-likeness (QED) is 0.863. The molecule has 1 N–H and O–H groups in total. The van der Waals surface area contributed by atoms with Gasteiger partial charge in [-0.1, -0.05) is 30.3 Å². The van der Waals surface area contributed by atoms with E-state index in [0.29, 0.717) is 32.4 Å². The highest BCUT2D eigenvalue weighted by molar-refractivity contribution is 7.88. The molecule has 0 radical (unpaired) electrons. The fourth-order valence-corrected chi connectivity index (χ4v) is 3.64. The Morgan fingerprint density at radius 1 is 1.23 bits per heavy atom. The number of benzene rings is 1. The Labute approximate surface area is 132 Å². The molecule has 1 heterocycles. The molecule has 2 rings (SSSR count). The Balaban J connectivity index is 1.69. The normalized spacial score (nSPS) is 16.7. The third-order valence-corrected chi connectivity index (χ3v) is 4.69. The van der Waals surface area contributed by atoms with E-state index >= 15 is 0 Å². The molecule has 1 aliphatic heterocycles. The van der Waals surface area contributed by atoms with Crippen molar-refractivity contribution in [3.63, 3.8) is 0 Å². The highest BCUT2D eigenvalue weighted by Gasteiger charge is 2.24. The zero-order valence-corrected chi connectivity index (χ0v) is 13.8. The van der Waals surface area contributed by atoms with E-state index in [-0.39, 0.29) is 11.9 Å². The van der Waals surface area contributed by atoms with Crippen molar-refractivity contribution in [3.05, 3.63) is 35.9 Å². The number of likely N-dealkylation sites (tertiary alicyclic amines) is 1. The second kappa shape index (κ2) is 7.74. The van der Waals surface area contributed by atoms with Crippen LogP contribution in [0.25, 0.3) is 0 Å². The minimum atomic E-state index is -3.16. The number of nitrogens with one attached hydrogen (secondary N) is 1. The lowest BCUT2D eigenvalue weighted by Crippen LogP contribution is -2.46. The molecule has 0 aromatic heterocycles. The maximum Gasteiger partial charge on any atom is 0.222 e. The number of nitrogens with zero attached hydrogens (tertiary/aromatic N) is 1. The van der Waals surface area contributed by atoms with Gasteiger partial charge in [0.1, 0.15) is 0 Å². The molecule has 1 aromatic carbocycles. The number of piperidine rings is 1. The average molecular weight is 324 g/mol. The molecule has 1 fully saturated rings. The van der Waals surface area contributed by atoms with Crippen LogP contribution in [0.5, 0.6) is 0 Å². The molecule has 0 saturated carbocycles. The summed E-state index contributed by atoms with van der Waals surface area (Å²) in [6.07, 6.45) is 4.88. The van der Waals surface area contributed by atoms with Crippen molar-refractivity contribution in [3.8, 4) is 0 Å². The first-order valence-electron chi connectivity index (χ1n) is 7.73. The molecule has 1 aromatic rings. The van der Waals surface area contributed by atoms with Gasteiger partial charge in [0.25, 0.3) is 0 Å². The summed E-state index contributed by atoms with van der Waals surface area (Å²) < 4.78 is 25.0. The molecular formula is C16H24N2O3S. The van der Waals surface area contributed by atoms with Crippen LogP contribution in [0.2, 0.25) is 0 Å². The maximum atomic E-state index is 12.2. The van der Waals surface area contributed by atoms with Crippen molar-refractivity contribution in [1.82, 2.24) is 9.62 Å². The fraction of sp³-hybridized carbons (Fsp3) is 0.562. The summed E-state index contributed by atoms with van der Waals surface area (Å²) in [6.45, 7) is 1.27. The molecule has 0 aliphatic carbocycles. The Hall–Kier alpha value is -1.40. The van der Waals surface area contributed by atoms with Gasteiger partial charge in [0.05, 0.1) is 6.26 Å². The number of rotatable bonds is 6. The van der Waals surface area contributed by atoms with Crippen LogP contribution in [-0.2, 0) is 21.2 Å². The van der Waals surface area contributed by atoms with Gasteiger partial charge in [-0.25, -0.2) is 13.1 Å². The van der Waals surface area contributed by atoms with Gasteiger partial charge >= 0.3 is 0 Å². The van der Waals surface area contributed by atoms with Crippen LogP contribution in [0.3, 0.4) is 0 Å². The van der Waals surface area contributed by atoms with Gasteiger partial charge in [0, 0.05) is 25.6 Å². The fourth-order valence-electron chi connectivity index (χ4n) is 2.80. The van der Waals surface area contributed by atoms with E-state index in [1.165, 1.54) is 11.8 Å². The van der Waals surface area contributed by atoms with E-state index in [1.54, 1.807) is 0 Å². The third-order valence-electron chi connectivity index (χ3n) is 3.93. The molecule has 0 atom stereocenters. The van der Waals surface area contributed by atoms with Crippen molar-refractivity contribution >= 4 is 15.9 Å². The summed E-state index contributed by atoms with van der Waals surface area (Å²) in [7, 11) is -3.16. The summed E-state index contributed by atoms with van der Waals surface area (Å²) in [6, 6.07) is 10.1. The van der Waals surface area contributed by atoms with Gasteiger partial charge < -0.3 is 4.90 Å². The van der Waals surface area contributed by atoms with Gasteiger partial charge in [0.2, 0.25) is 15.9 Å². The zero-order valence-electron chi connectivity index (χ0n) is 13.0. The van der Waals surface area contributed by atoms with Crippen molar-refractivity contribution in [2.24, 2.45) is 0 Å². The molecule has 6 heteroatoms. The van der Waals surface area contributed by atoms with Crippen LogP contribution >= 0.6 is 0 Å². The number of amides is 1. The Bertz CT molecular complexity index is 579. The van der Waals surface area contributed by atoms with Crippen molar-refractivity contribution in [2.45, 2.75) is 38.1 Å². The van der Waals surface area contributed by atoms with Gasteiger partial charge in [-0.05, 0) is 31.2 Å². The lowest BCUT2D eigenvalue weighted by molar-refractivity contribution is -0.132. The largest absolute Gasteiger partial charge is 0.343 e. The molecule has 1 amide bonds. The minimum absolute atomic E-state index is 0.0385. The maximum absolute atomic E-state index is 12.2. The van der Waals surface area contributed by atoms with Crippen LogP contribution in [0, 0.1) is 0 Å². The van der Waals surface area contributed by atoms with Gasteiger partial charge in [-0.15, -0.1) is 0 Å². The molecule has 0 bridgehead atoms. The van der Waals surface area contributed by atoms with Crippen LogP contribution in [0.4, 0.5) is 0 Å². The number of hydrogen-bond donors (Lipinski definition) is 1. The Morgan fingerprint density at radius 2 is 1.86 bits per heavy atom. The summed E-state index contributed by atoms with van der Waals surface area (Å²) in [5, 5.41) is 0. The van der Waals surface area contributed by atoms with Crippen molar-refractivity contribution in [2.75, 3.05) is 19.3 Å². The van der Waals surface area contributed by atoms with Crippen molar-refractivity contribution < 1.29 is 13.2 Å². The number of sulfonamides is 1. The molecule has 22 heavy (non-hydrogen) atoms. The number of carbonyl (C=O) groups is 1. The van der Waals surface area contributed by atoms with E-state index in [9.17, 15) is 13.2 Å². The second-order valence-electron chi connectivity index (χ2n) is 5.88. The number of hydrogen-bond acceptors (Lipinski definition) is 3. The predicted molar refractivity (Wildman–Crippen MR) is 87.0 cm³/mol. The van der Waals surface area contributed by atoms with E-state index in [2.05, 4.69) is 16.9 Å². The van der Waals surface area contributed by atoms with Crippen LogP contribution in [0.1, 0.15) is 31.2 Å². The van der Waals surface area contributed by atoms with Crippen molar-refractivity contribution in [1.29, 1.82) is 0 Å². The summed E-state index contributed by atoms with van der Waals surface area (Å²) in [5.74, 6) is 0.175. The Kier molecular flexibility index (Phi) is 5.97. The highest BCUT2D eigenvalue weighted by Crippen LogP contribution is 2.13. The standard InChI is InChI=1S/C16H24N2O3S/c1-22(20,21)17-15-10-12-18(13-11-15)16(19)9-5-8-14-6-3-2-4-7-14/h2-4,6-7,15,17H,5,8-13H2,1H3. The van der Waals surface area contributed by atoms with Crippen LogP contribution in [0.15, 0.2) is 30.3 Å². The average Bonchev–Trinajstić information content (AvgIpc) is 2.47. The first kappa shape index (κ1) is 17.0. The number of carbonyl (C=O) groups excluding carboxylic acids is 1. The summed E-state index contributed by atoms with van der Waals surface area (Å²) >= 11 is 0. The number of aryl methyl sites for hydroxylation is 1. The van der Waals surface area contributed by atoms with E-state index in [0.717, 1.165) is 12.8 Å².